The summed E-state index contributed by atoms with van der Waals surface area (Å²) in [6, 6.07) is 0. The van der Waals surface area contributed by atoms with Crippen LogP contribution in [0, 0.1) is 17.8 Å². The molecule has 0 aromatic rings. The lowest BCUT2D eigenvalue weighted by atomic mass is 9.79. The average Bonchev–Trinajstić information content (AvgIpc) is 2.29. The molecule has 1 nitrogen and oxygen atoms in total. The Morgan fingerprint density at radius 1 is 1.23 bits per heavy atom. The van der Waals surface area contributed by atoms with Crippen LogP contribution in [0.25, 0.3) is 0 Å². The Morgan fingerprint density at radius 2 is 2.00 bits per heavy atom. The zero-order valence-corrected chi connectivity index (χ0v) is 9.23. The van der Waals surface area contributed by atoms with Gasteiger partial charge in [0.15, 0.2) is 0 Å². The molecule has 0 saturated heterocycles. The van der Waals surface area contributed by atoms with Crippen LogP contribution >= 0.6 is 9.24 Å². The summed E-state index contributed by atoms with van der Waals surface area (Å²) in [5.41, 5.74) is 0.565. The molecule has 0 amide bonds. The van der Waals surface area contributed by atoms with E-state index in [9.17, 15) is 5.11 Å². The summed E-state index contributed by atoms with van der Waals surface area (Å²) in [5, 5.41) is 10.5. The van der Waals surface area contributed by atoms with Crippen molar-refractivity contribution in [3.63, 3.8) is 0 Å². The van der Waals surface area contributed by atoms with Gasteiger partial charge in [-0.05, 0) is 55.5 Å². The van der Waals surface area contributed by atoms with Crippen LogP contribution < -0.4 is 0 Å². The van der Waals surface area contributed by atoms with Gasteiger partial charge in [0.05, 0.1) is 5.60 Å². The summed E-state index contributed by atoms with van der Waals surface area (Å²) < 4.78 is 0. The van der Waals surface area contributed by atoms with E-state index in [2.05, 4.69) is 9.24 Å². The third-order valence-corrected chi connectivity index (χ3v) is 5.91. The van der Waals surface area contributed by atoms with Gasteiger partial charge in [-0.3, -0.25) is 0 Å². The maximum atomic E-state index is 10.5. The van der Waals surface area contributed by atoms with Crippen LogP contribution in [0.2, 0.25) is 0 Å². The van der Waals surface area contributed by atoms with Crippen molar-refractivity contribution in [3.8, 4) is 0 Å². The molecule has 13 heavy (non-hydrogen) atoms. The fraction of sp³-hybridized carbons (Fsp3) is 1.00. The molecule has 1 N–H and O–H groups in total. The molecule has 3 rings (SSSR count). The van der Waals surface area contributed by atoms with Gasteiger partial charge in [0.1, 0.15) is 0 Å². The molecule has 3 aliphatic rings. The fourth-order valence-electron chi connectivity index (χ4n) is 4.09. The van der Waals surface area contributed by atoms with E-state index in [-0.39, 0.29) is 5.60 Å². The monoisotopic (exact) mass is 198 g/mol. The standard InChI is InChI=1S/C11H19OP/c12-11-3-1-2-7-4-9(11)5-8(6-11)10(7)13/h7-10,12H,1-6,13H2/t7?,8?,9?,10-,11+/m0/s1. The summed E-state index contributed by atoms with van der Waals surface area (Å²) in [4.78, 5) is 0. The van der Waals surface area contributed by atoms with Crippen molar-refractivity contribution in [1.29, 1.82) is 0 Å². The van der Waals surface area contributed by atoms with Crippen LogP contribution in [-0.2, 0) is 0 Å². The highest BCUT2D eigenvalue weighted by Crippen LogP contribution is 2.57. The molecule has 0 radical (unpaired) electrons. The highest BCUT2D eigenvalue weighted by atomic mass is 31.0. The molecule has 2 heteroatoms. The zero-order chi connectivity index (χ0) is 9.05. The van der Waals surface area contributed by atoms with Crippen molar-refractivity contribution in [1.82, 2.24) is 0 Å². The van der Waals surface area contributed by atoms with E-state index in [0.29, 0.717) is 5.92 Å². The second-order valence-corrected chi connectivity index (χ2v) is 6.24. The lowest BCUT2D eigenvalue weighted by molar-refractivity contribution is -0.00376. The summed E-state index contributed by atoms with van der Waals surface area (Å²) in [6.07, 6.45) is 7.42. The van der Waals surface area contributed by atoms with Gasteiger partial charge in [-0.15, -0.1) is 9.24 Å². The van der Waals surface area contributed by atoms with Gasteiger partial charge in [-0.25, -0.2) is 0 Å². The Kier molecular flexibility index (Phi) is 1.80. The zero-order valence-electron chi connectivity index (χ0n) is 8.08. The molecule has 3 fully saturated rings. The maximum absolute atomic E-state index is 10.5. The Bertz CT molecular complexity index is 228. The molecule has 0 heterocycles. The minimum atomic E-state index is -0.245. The van der Waals surface area contributed by atoms with Gasteiger partial charge in [0.25, 0.3) is 0 Å². The lowest BCUT2D eigenvalue weighted by Crippen LogP contribution is -2.32. The molecule has 74 valence electrons. The Morgan fingerprint density at radius 3 is 2.85 bits per heavy atom. The maximum Gasteiger partial charge on any atom is 0.0678 e. The van der Waals surface area contributed by atoms with Crippen LogP contribution in [0.1, 0.15) is 38.5 Å². The van der Waals surface area contributed by atoms with Gasteiger partial charge < -0.3 is 5.11 Å². The van der Waals surface area contributed by atoms with Crippen molar-refractivity contribution >= 4 is 9.24 Å². The summed E-state index contributed by atoms with van der Waals surface area (Å²) in [5.74, 6) is 2.38. The van der Waals surface area contributed by atoms with Gasteiger partial charge in [-0.2, -0.15) is 0 Å². The molecule has 4 unspecified atom stereocenters. The van der Waals surface area contributed by atoms with E-state index in [0.717, 1.165) is 30.3 Å². The highest BCUT2D eigenvalue weighted by molar-refractivity contribution is 7.17. The first-order chi connectivity index (χ1) is 6.19. The van der Waals surface area contributed by atoms with E-state index in [1.165, 1.54) is 25.7 Å². The SMILES string of the molecule is O[C@@]12CCCC3CC1CC(C2)[C@H]3P. The van der Waals surface area contributed by atoms with Crippen molar-refractivity contribution in [2.45, 2.75) is 49.8 Å². The quantitative estimate of drug-likeness (QED) is 0.591. The Hall–Kier alpha value is 0.390. The number of hydrogen-bond acceptors (Lipinski definition) is 1. The first-order valence-corrected chi connectivity index (χ1v) is 6.34. The molecule has 0 aliphatic heterocycles. The van der Waals surface area contributed by atoms with Gasteiger partial charge in [0.2, 0.25) is 0 Å². The van der Waals surface area contributed by atoms with Gasteiger partial charge in [-0.1, -0.05) is 6.42 Å². The van der Waals surface area contributed by atoms with E-state index < -0.39 is 0 Å². The number of aliphatic hydroxyl groups is 1. The van der Waals surface area contributed by atoms with Crippen molar-refractivity contribution in [2.24, 2.45) is 17.8 Å². The third-order valence-electron chi connectivity index (χ3n) is 4.82. The summed E-state index contributed by atoms with van der Waals surface area (Å²) in [7, 11) is 3.05. The Labute approximate surface area is 82.5 Å². The second kappa shape index (κ2) is 2.70. The van der Waals surface area contributed by atoms with Gasteiger partial charge >= 0.3 is 0 Å². The lowest BCUT2D eigenvalue weighted by Gasteiger charge is -2.33. The number of rotatable bonds is 0. The minimum Gasteiger partial charge on any atom is -0.390 e. The van der Waals surface area contributed by atoms with E-state index in [1.54, 1.807) is 0 Å². The molecule has 0 spiro atoms. The van der Waals surface area contributed by atoms with E-state index in [4.69, 9.17) is 0 Å². The molecule has 3 saturated carbocycles. The largest absolute Gasteiger partial charge is 0.390 e. The molecule has 3 bridgehead atoms. The second-order valence-electron chi connectivity index (χ2n) is 5.47. The predicted molar refractivity (Wildman–Crippen MR) is 56.6 cm³/mol. The highest BCUT2D eigenvalue weighted by Gasteiger charge is 2.53. The fourth-order valence-corrected chi connectivity index (χ4v) is 4.73. The number of fused-ring (bicyclic) bond motifs is 2. The smallest absolute Gasteiger partial charge is 0.0678 e. The molecule has 6 atom stereocenters. The van der Waals surface area contributed by atoms with E-state index >= 15 is 0 Å². The first-order valence-electron chi connectivity index (χ1n) is 5.67. The normalized spacial score (nSPS) is 59.5. The minimum absolute atomic E-state index is 0.245. The number of hydrogen-bond donors (Lipinski definition) is 1. The van der Waals surface area contributed by atoms with Crippen LogP contribution in [0.4, 0.5) is 0 Å². The topological polar surface area (TPSA) is 20.2 Å². The Balaban J connectivity index is 1.97. The van der Waals surface area contributed by atoms with Crippen LogP contribution in [0.5, 0.6) is 0 Å². The predicted octanol–water partition coefficient (Wildman–Crippen LogP) is 2.19. The third kappa shape index (κ3) is 1.13. The van der Waals surface area contributed by atoms with Crippen LogP contribution in [-0.4, -0.2) is 16.4 Å². The van der Waals surface area contributed by atoms with Crippen LogP contribution in [0.15, 0.2) is 0 Å². The molecule has 3 aliphatic carbocycles. The molecule has 0 aromatic heterocycles. The summed E-state index contributed by atoms with van der Waals surface area (Å²) in [6.45, 7) is 0. The summed E-state index contributed by atoms with van der Waals surface area (Å²) >= 11 is 0. The average molecular weight is 198 g/mol. The van der Waals surface area contributed by atoms with Crippen molar-refractivity contribution in [3.05, 3.63) is 0 Å². The molecular weight excluding hydrogens is 179 g/mol. The van der Waals surface area contributed by atoms with Crippen molar-refractivity contribution in [2.75, 3.05) is 0 Å². The molecule has 0 aromatic carbocycles. The van der Waals surface area contributed by atoms with Crippen LogP contribution in [0.3, 0.4) is 0 Å². The molecular formula is C11H19OP. The van der Waals surface area contributed by atoms with E-state index in [1.807, 2.05) is 0 Å². The first kappa shape index (κ1) is 8.68. The van der Waals surface area contributed by atoms with Crippen molar-refractivity contribution < 1.29 is 5.11 Å². The van der Waals surface area contributed by atoms with Gasteiger partial charge in [0, 0.05) is 0 Å².